The van der Waals surface area contributed by atoms with Crippen LogP contribution in [-0.4, -0.2) is 46.1 Å². The van der Waals surface area contributed by atoms with Gasteiger partial charge in [-0.1, -0.05) is 0 Å². The molecule has 1 aliphatic heterocycles. The maximum Gasteiger partial charge on any atom is 0.408 e. The molecular weight excluding hydrogens is 328 g/mol. The average molecular weight is 350 g/mol. The van der Waals surface area contributed by atoms with E-state index in [9.17, 15) is 14.9 Å². The molecule has 0 saturated carbocycles. The summed E-state index contributed by atoms with van der Waals surface area (Å²) in [5.74, 6) is -0.371. The van der Waals surface area contributed by atoms with E-state index in [1.807, 2.05) is 5.38 Å². The maximum atomic E-state index is 12.6. The third kappa shape index (κ3) is 4.23. The Labute approximate surface area is 145 Å². The molecule has 1 aromatic heterocycles. The van der Waals surface area contributed by atoms with Crippen LogP contribution in [0.15, 0.2) is 10.9 Å². The van der Waals surface area contributed by atoms with Crippen molar-refractivity contribution >= 4 is 23.3 Å². The Morgan fingerprint density at radius 2 is 2.25 bits per heavy atom. The lowest BCUT2D eigenvalue weighted by atomic mass is 9.98. The summed E-state index contributed by atoms with van der Waals surface area (Å²) in [6.45, 7) is 7.33. The Hall–Kier alpha value is -2.14. The van der Waals surface area contributed by atoms with Crippen molar-refractivity contribution in [1.29, 1.82) is 5.26 Å². The topological polar surface area (TPSA) is 95.3 Å². The van der Waals surface area contributed by atoms with E-state index in [-0.39, 0.29) is 11.8 Å². The molecule has 0 spiro atoms. The molecule has 1 saturated heterocycles. The molecule has 1 aliphatic rings. The number of carbonyl (C=O) groups is 2. The van der Waals surface area contributed by atoms with Crippen LogP contribution < -0.4 is 5.32 Å². The van der Waals surface area contributed by atoms with Crippen LogP contribution in [0.5, 0.6) is 0 Å². The summed E-state index contributed by atoms with van der Waals surface area (Å²) in [7, 11) is 0. The van der Waals surface area contributed by atoms with Crippen LogP contribution in [-0.2, 0) is 9.53 Å². The van der Waals surface area contributed by atoms with Crippen molar-refractivity contribution in [3.05, 3.63) is 16.6 Å². The molecule has 2 heterocycles. The maximum absolute atomic E-state index is 12.6. The molecule has 0 radical (unpaired) electrons. The van der Waals surface area contributed by atoms with Gasteiger partial charge in [-0.15, -0.1) is 11.3 Å². The predicted octanol–water partition coefficient (Wildman–Crippen LogP) is 2.26. The smallest absolute Gasteiger partial charge is 0.408 e. The molecule has 8 heteroatoms. The standard InChI is InChI=1S/C16H22N4O3S/c1-10(19-15(22)23-16(2,3)4)14(21)20-6-5-11(13(20)7-17)12-8-24-9-18-12/h8-11,13H,5-6H2,1-4H3,(H,19,22)/t10?,11?,13-/m1/s1. The van der Waals surface area contributed by atoms with Gasteiger partial charge in [0.15, 0.2) is 0 Å². The summed E-state index contributed by atoms with van der Waals surface area (Å²) >= 11 is 1.47. The lowest BCUT2D eigenvalue weighted by Crippen LogP contribution is -2.49. The molecule has 2 amide bonds. The van der Waals surface area contributed by atoms with Crippen molar-refractivity contribution in [2.24, 2.45) is 0 Å². The van der Waals surface area contributed by atoms with Gasteiger partial charge in [0.05, 0.1) is 17.3 Å². The van der Waals surface area contributed by atoms with Crippen molar-refractivity contribution < 1.29 is 14.3 Å². The highest BCUT2D eigenvalue weighted by atomic mass is 32.1. The van der Waals surface area contributed by atoms with Gasteiger partial charge in [0.2, 0.25) is 5.91 Å². The van der Waals surface area contributed by atoms with Crippen molar-refractivity contribution in [3.63, 3.8) is 0 Å². The molecule has 24 heavy (non-hydrogen) atoms. The third-order valence-electron chi connectivity index (χ3n) is 3.75. The first-order valence-electron chi connectivity index (χ1n) is 7.80. The zero-order valence-electron chi connectivity index (χ0n) is 14.3. The number of ether oxygens (including phenoxy) is 1. The number of nitriles is 1. The Kier molecular flexibility index (Phi) is 5.44. The van der Waals surface area contributed by atoms with Gasteiger partial charge < -0.3 is 15.0 Å². The van der Waals surface area contributed by atoms with E-state index in [1.165, 1.54) is 16.2 Å². The minimum Gasteiger partial charge on any atom is -0.444 e. The number of nitrogens with one attached hydrogen (secondary N) is 1. The molecule has 130 valence electrons. The molecule has 1 fully saturated rings. The second-order valence-corrected chi connectivity index (χ2v) is 7.50. The van der Waals surface area contributed by atoms with Crippen LogP contribution in [0.4, 0.5) is 4.79 Å². The fourth-order valence-electron chi connectivity index (χ4n) is 2.71. The fraction of sp³-hybridized carbons (Fsp3) is 0.625. The molecule has 1 aromatic rings. The number of carbonyl (C=O) groups excluding carboxylic acids is 2. The number of rotatable bonds is 3. The molecule has 1 N–H and O–H groups in total. The molecule has 3 atom stereocenters. The van der Waals surface area contributed by atoms with E-state index in [0.29, 0.717) is 13.0 Å². The quantitative estimate of drug-likeness (QED) is 0.902. The minimum atomic E-state index is -0.759. The van der Waals surface area contributed by atoms with Gasteiger partial charge >= 0.3 is 6.09 Å². The number of thiazole rings is 1. The van der Waals surface area contributed by atoms with Gasteiger partial charge in [-0.2, -0.15) is 5.26 Å². The van der Waals surface area contributed by atoms with Gasteiger partial charge in [-0.3, -0.25) is 4.79 Å². The van der Waals surface area contributed by atoms with Crippen molar-refractivity contribution in [2.45, 2.75) is 57.7 Å². The lowest BCUT2D eigenvalue weighted by molar-refractivity contribution is -0.133. The Balaban J connectivity index is 2.01. The van der Waals surface area contributed by atoms with Gasteiger partial charge in [-0.25, -0.2) is 9.78 Å². The van der Waals surface area contributed by atoms with E-state index in [1.54, 1.807) is 33.2 Å². The summed E-state index contributed by atoms with van der Waals surface area (Å²) in [4.78, 5) is 30.2. The van der Waals surface area contributed by atoms with E-state index < -0.39 is 23.8 Å². The summed E-state index contributed by atoms with van der Waals surface area (Å²) in [5, 5.41) is 13.9. The van der Waals surface area contributed by atoms with E-state index in [4.69, 9.17) is 4.74 Å². The van der Waals surface area contributed by atoms with E-state index >= 15 is 0 Å². The average Bonchev–Trinajstić information content (AvgIpc) is 3.12. The predicted molar refractivity (Wildman–Crippen MR) is 89.4 cm³/mol. The molecular formula is C16H22N4O3S. The zero-order chi connectivity index (χ0) is 17.9. The normalized spacial score (nSPS) is 21.9. The lowest BCUT2D eigenvalue weighted by Gasteiger charge is -2.26. The number of nitrogens with zero attached hydrogens (tertiary/aromatic N) is 3. The number of alkyl carbamates (subject to hydrolysis) is 1. The first-order chi connectivity index (χ1) is 11.2. The van der Waals surface area contributed by atoms with E-state index in [2.05, 4.69) is 16.4 Å². The molecule has 2 rings (SSSR count). The Bertz CT molecular complexity index is 633. The largest absolute Gasteiger partial charge is 0.444 e. The molecule has 7 nitrogen and oxygen atoms in total. The molecule has 0 aliphatic carbocycles. The Morgan fingerprint density at radius 3 is 2.79 bits per heavy atom. The first-order valence-corrected chi connectivity index (χ1v) is 8.75. The van der Waals surface area contributed by atoms with Gasteiger partial charge in [0, 0.05) is 17.8 Å². The Morgan fingerprint density at radius 1 is 1.54 bits per heavy atom. The number of hydrogen-bond acceptors (Lipinski definition) is 6. The highest BCUT2D eigenvalue weighted by Gasteiger charge is 2.40. The molecule has 0 aromatic carbocycles. The van der Waals surface area contributed by atoms with Crippen LogP contribution in [0, 0.1) is 11.3 Å². The van der Waals surface area contributed by atoms with Crippen LogP contribution >= 0.6 is 11.3 Å². The van der Waals surface area contributed by atoms with Crippen LogP contribution in [0.25, 0.3) is 0 Å². The fourth-order valence-corrected chi connectivity index (χ4v) is 3.33. The third-order valence-corrected chi connectivity index (χ3v) is 4.35. The van der Waals surface area contributed by atoms with Gasteiger partial charge in [0.25, 0.3) is 0 Å². The van der Waals surface area contributed by atoms with Gasteiger partial charge in [-0.05, 0) is 34.1 Å². The summed E-state index contributed by atoms with van der Waals surface area (Å²) in [5.41, 5.74) is 1.93. The van der Waals surface area contributed by atoms with Crippen molar-refractivity contribution in [3.8, 4) is 6.07 Å². The molecule has 0 bridgehead atoms. The van der Waals surface area contributed by atoms with Gasteiger partial charge in [0.1, 0.15) is 17.7 Å². The highest BCUT2D eigenvalue weighted by Crippen LogP contribution is 2.33. The number of aromatic nitrogens is 1. The second-order valence-electron chi connectivity index (χ2n) is 6.78. The molecule has 2 unspecified atom stereocenters. The summed E-state index contributed by atoms with van der Waals surface area (Å²) in [6.07, 6.45) is 0.0412. The van der Waals surface area contributed by atoms with Crippen LogP contribution in [0.2, 0.25) is 0 Å². The second kappa shape index (κ2) is 7.18. The zero-order valence-corrected chi connectivity index (χ0v) is 15.1. The van der Waals surface area contributed by atoms with E-state index in [0.717, 1.165) is 5.69 Å². The van der Waals surface area contributed by atoms with Crippen molar-refractivity contribution in [1.82, 2.24) is 15.2 Å². The van der Waals surface area contributed by atoms with Crippen LogP contribution in [0.3, 0.4) is 0 Å². The summed E-state index contributed by atoms with van der Waals surface area (Å²) < 4.78 is 5.16. The number of hydrogen-bond donors (Lipinski definition) is 1. The highest BCUT2D eigenvalue weighted by molar-refractivity contribution is 7.07. The number of likely N-dealkylation sites (tertiary alicyclic amines) is 1. The summed E-state index contributed by atoms with van der Waals surface area (Å²) in [6, 6.07) is 0.879. The van der Waals surface area contributed by atoms with Crippen molar-refractivity contribution in [2.75, 3.05) is 6.54 Å². The monoisotopic (exact) mass is 350 g/mol. The van der Waals surface area contributed by atoms with Crippen LogP contribution in [0.1, 0.15) is 45.7 Å². The minimum absolute atomic E-state index is 0.0843. The number of amides is 2. The SMILES string of the molecule is CC(NC(=O)OC(C)(C)C)C(=O)N1CCC(c2cscn2)[C@H]1C#N. The first kappa shape index (κ1) is 18.2.